The fourth-order valence-corrected chi connectivity index (χ4v) is 7.23. The third-order valence-corrected chi connectivity index (χ3v) is 11.0. The van der Waals surface area contributed by atoms with Gasteiger partial charge < -0.3 is 30.7 Å². The molecule has 0 fully saturated rings. The second-order valence-electron chi connectivity index (χ2n) is 14.3. The van der Waals surface area contributed by atoms with Crippen LogP contribution in [0, 0.1) is 0 Å². The number of rotatable bonds is 20. The van der Waals surface area contributed by atoms with Gasteiger partial charge in [-0.25, -0.2) is 0 Å². The Morgan fingerprint density at radius 1 is 0.552 bits per heavy atom. The van der Waals surface area contributed by atoms with Crippen molar-refractivity contribution in [2.24, 2.45) is 20.5 Å². The maximum Gasteiger partial charge on any atom is 0.258 e. The average molecular weight is 1010 g/mol. The molecule has 0 heterocycles. The van der Waals surface area contributed by atoms with Crippen molar-refractivity contribution in [3.05, 3.63) is 129 Å². The van der Waals surface area contributed by atoms with Gasteiger partial charge in [-0.3, -0.25) is 28.8 Å². The number of benzene rings is 5. The van der Waals surface area contributed by atoms with Gasteiger partial charge in [-0.15, -0.1) is 34.8 Å². The number of methoxy groups -OCH3 is 2. The first-order valence-electron chi connectivity index (χ1n) is 19.9. The SMILES string of the molecule is COc1c(CCl)cccc1NC(=O)c1ccc(Cl)c(N=NC(C(C)=O)C(=O)Nc2ccc(NC(=O)C(N=Nc3cc(C(=O)Nc4cccc(CCl)c4OC)ccc3Cl)C(C)=O)c(CCCl)c2)c1. The van der Waals surface area contributed by atoms with Crippen molar-refractivity contribution in [3.63, 3.8) is 0 Å². The second-order valence-corrected chi connectivity index (χ2v) is 16.0. The van der Waals surface area contributed by atoms with Crippen LogP contribution in [0.3, 0.4) is 0 Å². The summed E-state index contributed by atoms with van der Waals surface area (Å²) >= 11 is 30.9. The number of Topliss-reactive ketones (excluding diaryl/α,β-unsaturated/α-hetero) is 2. The molecule has 348 valence electrons. The zero-order valence-electron chi connectivity index (χ0n) is 36.1. The van der Waals surface area contributed by atoms with E-state index in [0.717, 1.165) is 13.8 Å². The Kier molecular flexibility index (Phi) is 18.8. The highest BCUT2D eigenvalue weighted by Gasteiger charge is 2.27. The zero-order chi connectivity index (χ0) is 48.8. The smallest absolute Gasteiger partial charge is 0.258 e. The molecule has 4 amide bonds. The van der Waals surface area contributed by atoms with E-state index in [1.165, 1.54) is 68.8 Å². The van der Waals surface area contributed by atoms with E-state index < -0.39 is 47.3 Å². The number of ketones is 2. The number of halogens is 5. The monoisotopic (exact) mass is 1010 g/mol. The number of aryl methyl sites for hydroxylation is 1. The van der Waals surface area contributed by atoms with Crippen molar-refractivity contribution in [3.8, 4) is 11.5 Å². The predicted octanol–water partition coefficient (Wildman–Crippen LogP) is 11.1. The van der Waals surface area contributed by atoms with Gasteiger partial charge in [0.2, 0.25) is 12.1 Å². The van der Waals surface area contributed by atoms with E-state index in [2.05, 4.69) is 41.7 Å². The summed E-state index contributed by atoms with van der Waals surface area (Å²) < 4.78 is 10.9. The largest absolute Gasteiger partial charge is 0.494 e. The first-order chi connectivity index (χ1) is 32.1. The van der Waals surface area contributed by atoms with Crippen LogP contribution in [0.5, 0.6) is 11.5 Å². The molecule has 0 saturated carbocycles. The van der Waals surface area contributed by atoms with Gasteiger partial charge in [0, 0.05) is 39.5 Å². The Hall–Kier alpha value is -6.43. The van der Waals surface area contributed by atoms with Crippen LogP contribution in [-0.4, -0.2) is 67.4 Å². The van der Waals surface area contributed by atoms with Gasteiger partial charge in [0.1, 0.15) is 22.9 Å². The number of nitrogens with one attached hydrogen (secondary N) is 4. The van der Waals surface area contributed by atoms with Crippen LogP contribution in [0.2, 0.25) is 10.0 Å². The zero-order valence-corrected chi connectivity index (χ0v) is 39.9. The molecule has 4 N–H and O–H groups in total. The second kappa shape index (κ2) is 24.4. The van der Waals surface area contributed by atoms with Crippen molar-refractivity contribution in [1.29, 1.82) is 0 Å². The minimum atomic E-state index is -1.64. The van der Waals surface area contributed by atoms with Crippen LogP contribution < -0.4 is 30.7 Å². The first-order valence-corrected chi connectivity index (χ1v) is 22.3. The molecule has 5 rings (SSSR count). The van der Waals surface area contributed by atoms with Crippen LogP contribution in [0.15, 0.2) is 111 Å². The van der Waals surface area contributed by atoms with Gasteiger partial charge in [-0.1, -0.05) is 47.5 Å². The van der Waals surface area contributed by atoms with Crippen molar-refractivity contribution in [2.45, 2.75) is 44.1 Å². The van der Waals surface area contributed by atoms with Crippen molar-refractivity contribution >= 4 is 127 Å². The molecule has 5 aromatic rings. The summed E-state index contributed by atoms with van der Waals surface area (Å²) in [7, 11) is 2.91. The summed E-state index contributed by atoms with van der Waals surface area (Å²) in [5.74, 6) is -2.88. The maximum absolute atomic E-state index is 13.5. The number of anilines is 4. The highest BCUT2D eigenvalue weighted by Crippen LogP contribution is 2.34. The van der Waals surface area contributed by atoms with E-state index >= 15 is 0 Å². The molecule has 2 atom stereocenters. The quantitative estimate of drug-likeness (QED) is 0.0333. The molecule has 21 heteroatoms. The van der Waals surface area contributed by atoms with Gasteiger partial charge in [0.05, 0.1) is 47.4 Å². The fraction of sp³-hybridized carbons (Fsp3) is 0.217. The lowest BCUT2D eigenvalue weighted by molar-refractivity contribution is -0.127. The summed E-state index contributed by atoms with van der Waals surface area (Å²) in [5, 5.41) is 27.1. The van der Waals surface area contributed by atoms with E-state index in [-0.39, 0.29) is 68.0 Å². The molecule has 0 saturated heterocycles. The Morgan fingerprint density at radius 2 is 1.01 bits per heavy atom. The molecule has 16 nitrogen and oxygen atoms in total. The van der Waals surface area contributed by atoms with Crippen LogP contribution in [-0.2, 0) is 37.4 Å². The Balaban J connectivity index is 1.29. The number of hydrogen-bond acceptors (Lipinski definition) is 12. The summed E-state index contributed by atoms with van der Waals surface area (Å²) in [6.07, 6.45) is 0.197. The number of nitrogens with zero attached hydrogens (tertiary/aromatic N) is 4. The number of amides is 4. The molecule has 0 aliphatic carbocycles. The molecule has 2 unspecified atom stereocenters. The lowest BCUT2D eigenvalue weighted by atomic mass is 10.1. The normalized spacial score (nSPS) is 12.0. The molecule has 0 aromatic heterocycles. The van der Waals surface area contributed by atoms with E-state index in [9.17, 15) is 28.8 Å². The highest BCUT2D eigenvalue weighted by molar-refractivity contribution is 6.33. The average Bonchev–Trinajstić information content (AvgIpc) is 3.30. The summed E-state index contributed by atoms with van der Waals surface area (Å²) in [5.41, 5.74) is 3.29. The summed E-state index contributed by atoms with van der Waals surface area (Å²) in [6.45, 7) is 2.31. The minimum Gasteiger partial charge on any atom is -0.494 e. The topological polar surface area (TPSA) is 218 Å². The molecular formula is C46H41Cl5N8O8. The number of ether oxygens (including phenoxy) is 2. The van der Waals surface area contributed by atoms with E-state index in [4.69, 9.17) is 67.5 Å². The van der Waals surface area contributed by atoms with E-state index in [0.29, 0.717) is 39.6 Å². The van der Waals surface area contributed by atoms with Crippen molar-refractivity contribution in [1.82, 2.24) is 0 Å². The first kappa shape index (κ1) is 51.6. The molecule has 0 spiro atoms. The predicted molar refractivity (Wildman–Crippen MR) is 260 cm³/mol. The number of azo groups is 2. The molecule has 0 radical (unpaired) electrons. The molecule has 67 heavy (non-hydrogen) atoms. The van der Waals surface area contributed by atoms with Crippen LogP contribution in [0.4, 0.5) is 34.1 Å². The maximum atomic E-state index is 13.5. The van der Waals surface area contributed by atoms with Crippen LogP contribution in [0.25, 0.3) is 0 Å². The van der Waals surface area contributed by atoms with Gasteiger partial charge >= 0.3 is 0 Å². The molecule has 0 aliphatic rings. The number of carbonyl (C=O) groups is 6. The number of carbonyl (C=O) groups excluding carboxylic acids is 6. The van der Waals surface area contributed by atoms with Crippen molar-refractivity contribution in [2.75, 3.05) is 41.4 Å². The fourth-order valence-electron chi connectivity index (χ4n) is 6.30. The Labute approximate surface area is 409 Å². The minimum absolute atomic E-state index is 0.00663. The molecule has 0 aliphatic heterocycles. The third kappa shape index (κ3) is 13.4. The Morgan fingerprint density at radius 3 is 1.43 bits per heavy atom. The molecule has 5 aromatic carbocycles. The lowest BCUT2D eigenvalue weighted by Gasteiger charge is -2.16. The van der Waals surface area contributed by atoms with Gasteiger partial charge in [0.25, 0.3) is 23.6 Å². The van der Waals surface area contributed by atoms with Gasteiger partial charge in [-0.05, 0) is 92.6 Å². The van der Waals surface area contributed by atoms with Crippen molar-refractivity contribution < 1.29 is 38.2 Å². The molecular weight excluding hydrogens is 970 g/mol. The van der Waals surface area contributed by atoms with Gasteiger partial charge in [0.15, 0.2) is 11.6 Å². The third-order valence-electron chi connectivity index (χ3n) is 9.63. The van der Waals surface area contributed by atoms with Gasteiger partial charge in [-0.2, -0.15) is 20.5 Å². The van der Waals surface area contributed by atoms with E-state index in [1.807, 2.05) is 0 Å². The summed E-state index contributed by atoms with van der Waals surface area (Å²) in [6, 6.07) is 19.8. The summed E-state index contributed by atoms with van der Waals surface area (Å²) in [4.78, 5) is 78.8. The molecule has 0 bridgehead atoms. The standard InChI is InChI=1S/C46H41Cl5N8O8/c1-24(60)39(58-56-37-20-27(11-14-32(37)50)43(62)54-35-9-5-7-29(22-48)41(35)66-3)45(64)52-31-13-16-34(26(19-31)17-18-47)53-46(65)40(25(2)61)59-57-38-21-28(12-15-33(38)51)44(63)55-36-10-6-8-30(23-49)42(36)67-4/h5-16,19-21,39-40H,17-18,22-23H2,1-4H3,(H,52,64)(H,53,65)(H,54,62)(H,55,63). The number of alkyl halides is 3. The highest BCUT2D eigenvalue weighted by atomic mass is 35.5. The van der Waals surface area contributed by atoms with E-state index in [1.54, 1.807) is 36.4 Å². The van der Waals surface area contributed by atoms with Crippen LogP contribution in [0.1, 0.15) is 51.3 Å². The number of para-hydroxylation sites is 2. The lowest BCUT2D eigenvalue weighted by Crippen LogP contribution is -2.32. The Bertz CT molecular complexity index is 2770. The number of hydrogen-bond donors (Lipinski definition) is 4. The van der Waals surface area contributed by atoms with Crippen LogP contribution >= 0.6 is 58.0 Å².